The summed E-state index contributed by atoms with van der Waals surface area (Å²) in [6.45, 7) is 0. The molecule has 17 heavy (non-hydrogen) atoms. The summed E-state index contributed by atoms with van der Waals surface area (Å²) in [6.07, 6.45) is 0. The molecular weight excluding hydrogens is 351 g/mol. The molecule has 0 heterocycles. The molecule has 0 atom stereocenters. The Morgan fingerprint density at radius 3 is 2.12 bits per heavy atom. The van der Waals surface area contributed by atoms with Crippen LogP contribution in [0.15, 0.2) is 59.5 Å². The first-order valence-electron chi connectivity index (χ1n) is 4.84. The molecular formula is C12H10IO3S+. The first-order chi connectivity index (χ1) is 8.07. The number of benzene rings is 2. The number of rotatable bonds is 3. The lowest BCUT2D eigenvalue weighted by molar-refractivity contribution is -0.601. The van der Waals surface area contributed by atoms with Gasteiger partial charge in [0.15, 0.2) is 3.57 Å². The Hall–Kier alpha value is -0.920. The fourth-order valence-corrected chi connectivity index (χ4v) is 5.26. The van der Waals surface area contributed by atoms with Gasteiger partial charge in [0.25, 0.3) is 10.1 Å². The molecule has 1 N–H and O–H groups in total. The van der Waals surface area contributed by atoms with Crippen molar-refractivity contribution in [2.75, 3.05) is 0 Å². The van der Waals surface area contributed by atoms with Crippen LogP contribution < -0.4 is 21.2 Å². The van der Waals surface area contributed by atoms with E-state index in [1.54, 1.807) is 18.2 Å². The van der Waals surface area contributed by atoms with Crippen molar-refractivity contribution in [3.63, 3.8) is 0 Å². The van der Waals surface area contributed by atoms with Crippen LogP contribution in [0, 0.1) is 7.14 Å². The third-order valence-corrected chi connectivity index (χ3v) is 6.20. The van der Waals surface area contributed by atoms with E-state index in [0.717, 1.165) is 3.57 Å². The second kappa shape index (κ2) is 5.16. The molecule has 3 nitrogen and oxygen atoms in total. The molecule has 0 saturated heterocycles. The molecule has 0 spiro atoms. The quantitative estimate of drug-likeness (QED) is 0.568. The smallest absolute Gasteiger partial charge is 0.282 e. The van der Waals surface area contributed by atoms with Crippen LogP contribution >= 0.6 is 0 Å². The fourth-order valence-electron chi connectivity index (χ4n) is 1.33. The third-order valence-electron chi connectivity index (χ3n) is 2.06. The maximum absolute atomic E-state index is 11.2. The molecule has 0 unspecified atom stereocenters. The first kappa shape index (κ1) is 12.5. The molecule has 5 heteroatoms. The first-order valence-corrected chi connectivity index (χ1v) is 8.43. The number of halogens is 1. The van der Waals surface area contributed by atoms with Gasteiger partial charge in [0.05, 0.1) is 0 Å². The SMILES string of the molecule is O=S(=O)(O)c1ccccc1[I+]c1ccccc1. The largest absolute Gasteiger partial charge is 0.359 e. The molecule has 2 aromatic rings. The van der Waals surface area contributed by atoms with E-state index in [-0.39, 0.29) is 4.90 Å². The van der Waals surface area contributed by atoms with Gasteiger partial charge in [0.1, 0.15) is 4.90 Å². The molecule has 0 aliphatic heterocycles. The Balaban J connectivity index is 2.41. The highest BCUT2D eigenvalue weighted by atomic mass is 127. The van der Waals surface area contributed by atoms with Crippen molar-refractivity contribution in [1.29, 1.82) is 0 Å². The molecule has 88 valence electrons. The highest BCUT2D eigenvalue weighted by molar-refractivity contribution is 7.85. The second-order valence-electron chi connectivity index (χ2n) is 3.30. The van der Waals surface area contributed by atoms with Gasteiger partial charge < -0.3 is 0 Å². The Bertz CT molecular complexity index is 609. The molecule has 0 amide bonds. The average molecular weight is 361 g/mol. The predicted molar refractivity (Wildman–Crippen MR) is 60.1 cm³/mol. The highest BCUT2D eigenvalue weighted by Crippen LogP contribution is 2.06. The minimum atomic E-state index is -4.13. The van der Waals surface area contributed by atoms with Crippen LogP contribution in [-0.4, -0.2) is 13.0 Å². The Kier molecular flexibility index (Phi) is 3.80. The Morgan fingerprint density at radius 1 is 0.882 bits per heavy atom. The zero-order valence-electron chi connectivity index (χ0n) is 8.75. The van der Waals surface area contributed by atoms with Crippen LogP contribution in [0.4, 0.5) is 0 Å². The van der Waals surface area contributed by atoms with E-state index in [0.29, 0.717) is 3.57 Å². The van der Waals surface area contributed by atoms with Gasteiger partial charge in [0, 0.05) is 0 Å². The summed E-state index contributed by atoms with van der Waals surface area (Å²) in [7, 11) is -4.13. The summed E-state index contributed by atoms with van der Waals surface area (Å²) in [5, 5.41) is 0. The molecule has 0 radical (unpaired) electrons. The van der Waals surface area contributed by atoms with E-state index in [1.807, 2.05) is 30.3 Å². The van der Waals surface area contributed by atoms with Gasteiger partial charge in [0.2, 0.25) is 3.57 Å². The van der Waals surface area contributed by atoms with E-state index in [9.17, 15) is 8.42 Å². The van der Waals surface area contributed by atoms with Crippen molar-refractivity contribution >= 4 is 10.1 Å². The maximum Gasteiger partial charge on any atom is 0.359 e. The van der Waals surface area contributed by atoms with Gasteiger partial charge >= 0.3 is 21.2 Å². The highest BCUT2D eigenvalue weighted by Gasteiger charge is 2.25. The van der Waals surface area contributed by atoms with Gasteiger partial charge in [-0.3, -0.25) is 4.55 Å². The van der Waals surface area contributed by atoms with Crippen LogP contribution in [-0.2, 0) is 10.1 Å². The topological polar surface area (TPSA) is 54.4 Å². The lowest BCUT2D eigenvalue weighted by Crippen LogP contribution is -3.61. The van der Waals surface area contributed by atoms with Crippen molar-refractivity contribution < 1.29 is 34.2 Å². The number of hydrogen-bond acceptors (Lipinski definition) is 2. The van der Waals surface area contributed by atoms with E-state index in [1.165, 1.54) is 6.07 Å². The van der Waals surface area contributed by atoms with Crippen LogP contribution in [0.1, 0.15) is 0 Å². The molecule has 0 aromatic heterocycles. The van der Waals surface area contributed by atoms with Crippen molar-refractivity contribution in [2.45, 2.75) is 4.90 Å². The van der Waals surface area contributed by atoms with Crippen LogP contribution in [0.5, 0.6) is 0 Å². The van der Waals surface area contributed by atoms with Crippen molar-refractivity contribution in [1.82, 2.24) is 0 Å². The van der Waals surface area contributed by atoms with Gasteiger partial charge in [-0.1, -0.05) is 30.3 Å². The third kappa shape index (κ3) is 3.27. The lowest BCUT2D eigenvalue weighted by atomic mass is 10.4. The van der Waals surface area contributed by atoms with Gasteiger partial charge in [-0.05, 0) is 24.3 Å². The van der Waals surface area contributed by atoms with E-state index < -0.39 is 31.3 Å². The average Bonchev–Trinajstić information content (AvgIpc) is 2.30. The zero-order chi connectivity index (χ0) is 12.3. The summed E-state index contributed by atoms with van der Waals surface area (Å²) < 4.78 is 33.4. The van der Waals surface area contributed by atoms with Crippen molar-refractivity contribution in [3.8, 4) is 0 Å². The van der Waals surface area contributed by atoms with Gasteiger partial charge in [-0.25, -0.2) is 0 Å². The normalized spacial score (nSPS) is 11.4. The molecule has 0 saturated carbocycles. The van der Waals surface area contributed by atoms with E-state index >= 15 is 0 Å². The summed E-state index contributed by atoms with van der Waals surface area (Å²) in [5.41, 5.74) is 0. The second-order valence-corrected chi connectivity index (χ2v) is 7.63. The van der Waals surface area contributed by atoms with Crippen LogP contribution in [0.2, 0.25) is 0 Å². The molecule has 0 bridgehead atoms. The predicted octanol–water partition coefficient (Wildman–Crippen LogP) is -0.938. The van der Waals surface area contributed by atoms with E-state index in [4.69, 9.17) is 4.55 Å². The summed E-state index contributed by atoms with van der Waals surface area (Å²) in [6, 6.07) is 16.3. The van der Waals surface area contributed by atoms with Crippen LogP contribution in [0.25, 0.3) is 0 Å². The van der Waals surface area contributed by atoms with Crippen molar-refractivity contribution in [2.24, 2.45) is 0 Å². The summed E-state index contributed by atoms with van der Waals surface area (Å²) >= 11 is -0.598. The fraction of sp³-hybridized carbons (Fsp3) is 0. The minimum absolute atomic E-state index is 0.0247. The number of hydrogen-bond donors (Lipinski definition) is 1. The zero-order valence-corrected chi connectivity index (χ0v) is 11.7. The minimum Gasteiger partial charge on any atom is -0.282 e. The summed E-state index contributed by atoms with van der Waals surface area (Å²) in [5.74, 6) is 0. The molecule has 0 aliphatic rings. The summed E-state index contributed by atoms with van der Waals surface area (Å²) in [4.78, 5) is 0.0247. The molecule has 0 aliphatic carbocycles. The molecule has 2 rings (SSSR count). The maximum atomic E-state index is 11.2. The molecule has 0 fully saturated rings. The molecule has 2 aromatic carbocycles. The Morgan fingerprint density at radius 2 is 1.47 bits per heavy atom. The van der Waals surface area contributed by atoms with Gasteiger partial charge in [-0.15, -0.1) is 0 Å². The van der Waals surface area contributed by atoms with Crippen LogP contribution in [0.3, 0.4) is 0 Å². The standard InChI is InChI=1S/C12H9IO3S/c14-17(15,16)12-9-5-4-8-11(12)13-10-6-2-1-3-7-10/h1-9H/p+1. The Labute approximate surface area is 111 Å². The lowest BCUT2D eigenvalue weighted by Gasteiger charge is -1.95. The van der Waals surface area contributed by atoms with E-state index in [2.05, 4.69) is 0 Å². The van der Waals surface area contributed by atoms with Gasteiger partial charge in [-0.2, -0.15) is 8.42 Å². The monoisotopic (exact) mass is 361 g/mol. The van der Waals surface area contributed by atoms with Crippen molar-refractivity contribution in [3.05, 3.63) is 61.7 Å².